The van der Waals surface area contributed by atoms with Crippen molar-refractivity contribution in [3.05, 3.63) is 100 Å². The molecule has 0 spiro atoms. The van der Waals surface area contributed by atoms with Gasteiger partial charge in [0.1, 0.15) is 5.82 Å². The van der Waals surface area contributed by atoms with Gasteiger partial charge in [-0.1, -0.05) is 64.5 Å². The predicted molar refractivity (Wildman–Crippen MR) is 121 cm³/mol. The molecule has 0 fully saturated rings. The first-order chi connectivity index (χ1) is 14.5. The third kappa shape index (κ3) is 4.19. The zero-order valence-electron chi connectivity index (χ0n) is 16.4. The van der Waals surface area contributed by atoms with Gasteiger partial charge in [-0.15, -0.1) is 0 Å². The molecule has 4 rings (SSSR count). The predicted octanol–water partition coefficient (Wildman–Crippen LogP) is 5.17. The van der Waals surface area contributed by atoms with E-state index in [0.717, 1.165) is 15.5 Å². The van der Waals surface area contributed by atoms with Crippen molar-refractivity contribution in [1.29, 1.82) is 0 Å². The molecule has 30 heavy (non-hydrogen) atoms. The molecule has 3 aromatic carbocycles. The van der Waals surface area contributed by atoms with Crippen molar-refractivity contribution in [2.75, 3.05) is 0 Å². The number of rotatable bonds is 6. The Kier molecular flexibility index (Phi) is 5.77. The number of fused-ring (bicyclic) bond motifs is 1. The molecule has 0 aliphatic heterocycles. The minimum absolute atomic E-state index is 0.00878. The molecule has 1 aromatic heterocycles. The molecule has 0 radical (unpaired) electrons. The van der Waals surface area contributed by atoms with Gasteiger partial charge in [0.05, 0.1) is 23.6 Å². The summed E-state index contributed by atoms with van der Waals surface area (Å²) in [7, 11) is 0. The highest BCUT2D eigenvalue weighted by atomic mass is 79.9. The average molecular weight is 462 g/mol. The van der Waals surface area contributed by atoms with Crippen molar-refractivity contribution in [2.45, 2.75) is 19.5 Å². The fourth-order valence-corrected chi connectivity index (χ4v) is 3.82. The van der Waals surface area contributed by atoms with Crippen LogP contribution in [-0.4, -0.2) is 21.2 Å². The number of para-hydroxylation sites is 2. The number of carbonyl (C=O) groups is 2. The van der Waals surface area contributed by atoms with E-state index in [9.17, 15) is 9.59 Å². The number of aromatic nitrogens is 2. The van der Waals surface area contributed by atoms with Gasteiger partial charge in [-0.25, -0.2) is 4.98 Å². The number of hydrogen-bond donors (Lipinski definition) is 1. The molecule has 4 aromatic rings. The third-order valence-corrected chi connectivity index (χ3v) is 5.40. The molecule has 1 amide bonds. The van der Waals surface area contributed by atoms with Gasteiger partial charge < -0.3 is 9.88 Å². The highest BCUT2D eigenvalue weighted by Gasteiger charge is 2.21. The summed E-state index contributed by atoms with van der Waals surface area (Å²) in [5.41, 5.74) is 2.85. The van der Waals surface area contributed by atoms with Gasteiger partial charge in [-0.2, -0.15) is 0 Å². The van der Waals surface area contributed by atoms with Gasteiger partial charge in [-0.05, 0) is 37.3 Å². The van der Waals surface area contributed by atoms with Crippen molar-refractivity contribution < 1.29 is 9.59 Å². The maximum absolute atomic E-state index is 12.9. The zero-order chi connectivity index (χ0) is 21.1. The molecule has 1 unspecified atom stereocenters. The molecule has 0 aliphatic carbocycles. The lowest BCUT2D eigenvalue weighted by Gasteiger charge is -2.16. The molecular formula is C24H20BrN3O2. The number of hydrogen-bond acceptors (Lipinski definition) is 3. The Balaban J connectivity index is 1.65. The Morgan fingerprint density at radius 3 is 2.43 bits per heavy atom. The van der Waals surface area contributed by atoms with Crippen LogP contribution >= 0.6 is 15.9 Å². The van der Waals surface area contributed by atoms with Crippen molar-refractivity contribution in [1.82, 2.24) is 14.9 Å². The van der Waals surface area contributed by atoms with Gasteiger partial charge in [0.15, 0.2) is 5.78 Å². The highest BCUT2D eigenvalue weighted by Crippen LogP contribution is 2.22. The van der Waals surface area contributed by atoms with Crippen LogP contribution in [0.3, 0.4) is 0 Å². The van der Waals surface area contributed by atoms with Crippen molar-refractivity contribution in [3.63, 3.8) is 0 Å². The smallest absolute Gasteiger partial charge is 0.251 e. The Morgan fingerprint density at radius 1 is 0.967 bits per heavy atom. The van der Waals surface area contributed by atoms with E-state index in [-0.39, 0.29) is 24.3 Å². The lowest BCUT2D eigenvalue weighted by molar-refractivity contribution is 0.0937. The quantitative estimate of drug-likeness (QED) is 0.402. The molecular weight excluding hydrogens is 442 g/mol. The van der Waals surface area contributed by atoms with Gasteiger partial charge in [0, 0.05) is 15.6 Å². The largest absolute Gasteiger partial charge is 0.342 e. The second kappa shape index (κ2) is 8.63. The number of nitrogens with zero attached hydrogens (tertiary/aromatic N) is 2. The van der Waals surface area contributed by atoms with Gasteiger partial charge in [0.2, 0.25) is 0 Å². The molecule has 1 heterocycles. The first-order valence-electron chi connectivity index (χ1n) is 9.63. The third-order valence-electron chi connectivity index (χ3n) is 4.90. The molecule has 1 N–H and O–H groups in total. The molecule has 6 heteroatoms. The molecule has 0 saturated heterocycles. The van der Waals surface area contributed by atoms with E-state index in [1.54, 1.807) is 24.3 Å². The fourth-order valence-electron chi connectivity index (χ4n) is 3.42. The number of amides is 1. The number of benzene rings is 3. The minimum atomic E-state index is -0.382. The van der Waals surface area contributed by atoms with E-state index < -0.39 is 0 Å². The van der Waals surface area contributed by atoms with Crippen LogP contribution in [0, 0.1) is 0 Å². The molecule has 5 nitrogen and oxygen atoms in total. The van der Waals surface area contributed by atoms with E-state index in [1.807, 2.05) is 66.1 Å². The standard InChI is InChI=1S/C24H20BrN3O2/c1-16(26-24(30)18-10-7-11-19(25)14-18)23-27-20-12-5-6-13-21(20)28(23)15-22(29)17-8-3-2-4-9-17/h2-14,16H,15H2,1H3,(H,26,30). The Bertz CT molecular complexity index is 1220. The van der Waals surface area contributed by atoms with Crippen LogP contribution in [-0.2, 0) is 6.54 Å². The van der Waals surface area contributed by atoms with Gasteiger partial charge in [0.25, 0.3) is 5.91 Å². The van der Waals surface area contributed by atoms with E-state index >= 15 is 0 Å². The van der Waals surface area contributed by atoms with E-state index in [1.165, 1.54) is 0 Å². The maximum atomic E-state index is 12.9. The summed E-state index contributed by atoms with van der Waals surface area (Å²) in [5, 5.41) is 3.00. The summed E-state index contributed by atoms with van der Waals surface area (Å²) < 4.78 is 2.72. The van der Waals surface area contributed by atoms with E-state index in [0.29, 0.717) is 17.0 Å². The van der Waals surface area contributed by atoms with Crippen LogP contribution in [0.4, 0.5) is 0 Å². The van der Waals surface area contributed by atoms with Crippen LogP contribution < -0.4 is 5.32 Å². The van der Waals surface area contributed by atoms with Crippen LogP contribution in [0.15, 0.2) is 83.3 Å². The second-order valence-electron chi connectivity index (χ2n) is 7.04. The first-order valence-corrected chi connectivity index (χ1v) is 10.4. The molecule has 150 valence electrons. The summed E-state index contributed by atoms with van der Waals surface area (Å²) in [5.74, 6) is 0.436. The first kappa shape index (κ1) is 20.0. The van der Waals surface area contributed by atoms with Crippen molar-refractivity contribution in [2.24, 2.45) is 0 Å². The number of imidazole rings is 1. The number of nitrogens with one attached hydrogen (secondary N) is 1. The van der Waals surface area contributed by atoms with E-state index in [4.69, 9.17) is 4.98 Å². The Hall–Kier alpha value is -3.25. The number of Topliss-reactive ketones (excluding diaryl/α,β-unsaturated/α-hetero) is 1. The summed E-state index contributed by atoms with van der Waals surface area (Å²) in [6.45, 7) is 2.03. The van der Waals surface area contributed by atoms with Crippen LogP contribution in [0.5, 0.6) is 0 Å². The molecule has 0 aliphatic rings. The number of carbonyl (C=O) groups excluding carboxylic acids is 2. The lowest BCUT2D eigenvalue weighted by atomic mass is 10.1. The Morgan fingerprint density at radius 2 is 1.67 bits per heavy atom. The second-order valence-corrected chi connectivity index (χ2v) is 7.96. The van der Waals surface area contributed by atoms with Crippen LogP contribution in [0.25, 0.3) is 11.0 Å². The topological polar surface area (TPSA) is 64.0 Å². The van der Waals surface area contributed by atoms with Crippen molar-refractivity contribution in [3.8, 4) is 0 Å². The highest BCUT2D eigenvalue weighted by molar-refractivity contribution is 9.10. The van der Waals surface area contributed by atoms with Crippen molar-refractivity contribution >= 4 is 38.7 Å². The summed E-state index contributed by atoms with van der Waals surface area (Å²) in [6, 6.07) is 23.7. The van der Waals surface area contributed by atoms with Crippen LogP contribution in [0.2, 0.25) is 0 Å². The average Bonchev–Trinajstić information content (AvgIpc) is 3.13. The van der Waals surface area contributed by atoms with Crippen LogP contribution in [0.1, 0.15) is 39.5 Å². The summed E-state index contributed by atoms with van der Waals surface area (Å²) in [6.07, 6.45) is 0. The van der Waals surface area contributed by atoms with Gasteiger partial charge in [-0.3, -0.25) is 9.59 Å². The van der Waals surface area contributed by atoms with E-state index in [2.05, 4.69) is 21.2 Å². The zero-order valence-corrected chi connectivity index (χ0v) is 18.0. The SMILES string of the molecule is CC(NC(=O)c1cccc(Br)c1)c1nc2ccccc2n1CC(=O)c1ccccc1. The number of halogens is 1. The molecule has 1 atom stereocenters. The monoisotopic (exact) mass is 461 g/mol. The Labute approximate surface area is 182 Å². The normalized spacial score (nSPS) is 11.9. The minimum Gasteiger partial charge on any atom is -0.342 e. The number of ketones is 1. The molecule has 0 bridgehead atoms. The lowest BCUT2D eigenvalue weighted by Crippen LogP contribution is -2.29. The fraction of sp³-hybridized carbons (Fsp3) is 0.125. The summed E-state index contributed by atoms with van der Waals surface area (Å²) in [4.78, 5) is 30.3. The maximum Gasteiger partial charge on any atom is 0.251 e. The summed E-state index contributed by atoms with van der Waals surface area (Å²) >= 11 is 3.39. The molecule has 0 saturated carbocycles. The van der Waals surface area contributed by atoms with Gasteiger partial charge >= 0.3 is 0 Å².